The largest absolute Gasteiger partial charge is 0.395 e. The van der Waals surface area contributed by atoms with Crippen LogP contribution in [-0.4, -0.2) is 29.7 Å². The maximum absolute atomic E-state index is 11.7. The van der Waals surface area contributed by atoms with Crippen molar-refractivity contribution in [3.63, 3.8) is 0 Å². The second-order valence-electron chi connectivity index (χ2n) is 4.95. The SMILES string of the molecule is CS(=O)(=O)NS(=O)(=O)Oc1cc(C2CO2)c2ccccc2c1. The summed E-state index contributed by atoms with van der Waals surface area (Å²) in [6, 6.07) is 10.5. The Bertz CT molecular complexity index is 932. The van der Waals surface area contributed by atoms with E-state index in [0.717, 1.165) is 22.6 Å². The zero-order valence-corrected chi connectivity index (χ0v) is 13.1. The molecule has 22 heavy (non-hydrogen) atoms. The highest BCUT2D eigenvalue weighted by Gasteiger charge is 2.28. The third-order valence-electron chi connectivity index (χ3n) is 3.01. The monoisotopic (exact) mass is 343 g/mol. The molecule has 0 aliphatic carbocycles. The molecule has 1 unspecified atom stereocenters. The standard InChI is InChI=1S/C13H13NO6S2/c1-21(15,16)14-22(17,18)20-10-6-9-4-2-3-5-11(9)12(7-10)13-8-19-13/h2-7,13-14H,8H2,1H3. The number of epoxide rings is 1. The van der Waals surface area contributed by atoms with Gasteiger partial charge in [-0.2, -0.15) is 8.42 Å². The maximum Gasteiger partial charge on any atom is 0.395 e. The fourth-order valence-corrected chi connectivity index (χ4v) is 4.15. The topological polar surface area (TPSA) is 102 Å². The van der Waals surface area contributed by atoms with Gasteiger partial charge in [0, 0.05) is 0 Å². The lowest BCUT2D eigenvalue weighted by atomic mass is 10.0. The highest BCUT2D eigenvalue weighted by molar-refractivity contribution is 8.02. The average Bonchev–Trinajstić information content (AvgIpc) is 3.18. The molecule has 1 saturated heterocycles. The highest BCUT2D eigenvalue weighted by Crippen LogP contribution is 2.37. The molecule has 0 spiro atoms. The smallest absolute Gasteiger partial charge is 0.370 e. The Morgan fingerprint density at radius 3 is 2.50 bits per heavy atom. The van der Waals surface area contributed by atoms with Crippen LogP contribution in [0.2, 0.25) is 0 Å². The van der Waals surface area contributed by atoms with Gasteiger partial charge in [-0.05, 0) is 28.5 Å². The molecule has 118 valence electrons. The van der Waals surface area contributed by atoms with Crippen LogP contribution in [0.1, 0.15) is 11.7 Å². The van der Waals surface area contributed by atoms with E-state index in [2.05, 4.69) is 0 Å². The fraction of sp³-hybridized carbons (Fsp3) is 0.231. The average molecular weight is 343 g/mol. The van der Waals surface area contributed by atoms with Crippen LogP contribution in [0.4, 0.5) is 0 Å². The van der Waals surface area contributed by atoms with Crippen molar-refractivity contribution in [2.75, 3.05) is 12.9 Å². The van der Waals surface area contributed by atoms with Crippen molar-refractivity contribution in [3.8, 4) is 5.75 Å². The van der Waals surface area contributed by atoms with Gasteiger partial charge in [-0.25, -0.2) is 8.42 Å². The number of nitrogens with one attached hydrogen (secondary N) is 1. The summed E-state index contributed by atoms with van der Waals surface area (Å²) in [5, 5.41) is 1.71. The van der Waals surface area contributed by atoms with Gasteiger partial charge in [0.2, 0.25) is 10.0 Å². The zero-order chi connectivity index (χ0) is 16.0. The molecule has 1 N–H and O–H groups in total. The molecule has 1 aliphatic rings. The summed E-state index contributed by atoms with van der Waals surface area (Å²) in [6.07, 6.45) is 0.636. The molecular formula is C13H13NO6S2. The summed E-state index contributed by atoms with van der Waals surface area (Å²) in [6.45, 7) is 0.557. The van der Waals surface area contributed by atoms with Gasteiger partial charge in [0.1, 0.15) is 11.9 Å². The van der Waals surface area contributed by atoms with Crippen LogP contribution >= 0.6 is 0 Å². The maximum atomic E-state index is 11.7. The van der Waals surface area contributed by atoms with Gasteiger partial charge in [0.25, 0.3) is 0 Å². The number of ether oxygens (including phenoxy) is 1. The van der Waals surface area contributed by atoms with Crippen LogP contribution in [-0.2, 0) is 25.1 Å². The van der Waals surface area contributed by atoms with Gasteiger partial charge >= 0.3 is 10.3 Å². The van der Waals surface area contributed by atoms with Gasteiger partial charge in [0.05, 0.1) is 12.9 Å². The molecular weight excluding hydrogens is 330 g/mol. The van der Waals surface area contributed by atoms with E-state index in [9.17, 15) is 16.8 Å². The number of hydrogen-bond donors (Lipinski definition) is 1. The number of benzene rings is 2. The van der Waals surface area contributed by atoms with E-state index in [-0.39, 0.29) is 11.9 Å². The van der Waals surface area contributed by atoms with Crippen LogP contribution in [0.3, 0.4) is 0 Å². The Labute approximate surface area is 128 Å². The first-order valence-corrected chi connectivity index (χ1v) is 9.61. The summed E-state index contributed by atoms with van der Waals surface area (Å²) in [5.41, 5.74) is 0.808. The second-order valence-corrected chi connectivity index (χ2v) is 8.23. The van der Waals surface area contributed by atoms with Crippen molar-refractivity contribution < 1.29 is 25.8 Å². The molecule has 1 atom stereocenters. The first kappa shape index (κ1) is 15.2. The van der Waals surface area contributed by atoms with Crippen molar-refractivity contribution in [3.05, 3.63) is 42.0 Å². The number of sulfonamides is 1. The Morgan fingerprint density at radius 2 is 1.86 bits per heavy atom. The van der Waals surface area contributed by atoms with Crippen LogP contribution in [0.25, 0.3) is 10.8 Å². The van der Waals surface area contributed by atoms with Gasteiger partial charge in [0.15, 0.2) is 0 Å². The van der Waals surface area contributed by atoms with E-state index >= 15 is 0 Å². The highest BCUT2D eigenvalue weighted by atomic mass is 32.3. The lowest BCUT2D eigenvalue weighted by molar-refractivity contribution is 0.416. The quantitative estimate of drug-likeness (QED) is 0.815. The van der Waals surface area contributed by atoms with Crippen molar-refractivity contribution in [1.29, 1.82) is 0 Å². The Morgan fingerprint density at radius 1 is 1.18 bits per heavy atom. The number of rotatable bonds is 5. The first-order chi connectivity index (χ1) is 10.2. The minimum atomic E-state index is -4.46. The molecule has 7 nitrogen and oxygen atoms in total. The predicted molar refractivity (Wildman–Crippen MR) is 80.2 cm³/mol. The van der Waals surface area contributed by atoms with Gasteiger partial charge < -0.3 is 8.92 Å². The lowest BCUT2D eigenvalue weighted by Gasteiger charge is -2.10. The predicted octanol–water partition coefficient (Wildman–Crippen LogP) is 1.08. The van der Waals surface area contributed by atoms with Crippen molar-refractivity contribution in [2.24, 2.45) is 0 Å². The fourth-order valence-electron chi connectivity index (χ4n) is 2.18. The summed E-state index contributed by atoms with van der Waals surface area (Å²) in [5.74, 6) is 0.0281. The number of fused-ring (bicyclic) bond motifs is 1. The summed E-state index contributed by atoms with van der Waals surface area (Å²) < 4.78 is 57.0. The van der Waals surface area contributed by atoms with Gasteiger partial charge in [-0.15, -0.1) is 0 Å². The first-order valence-electron chi connectivity index (χ1n) is 6.31. The second kappa shape index (κ2) is 5.20. The molecule has 9 heteroatoms. The van der Waals surface area contributed by atoms with E-state index < -0.39 is 20.3 Å². The molecule has 0 bridgehead atoms. The molecule has 0 aromatic heterocycles. The van der Waals surface area contributed by atoms with Crippen molar-refractivity contribution in [1.82, 2.24) is 4.13 Å². The molecule has 2 aromatic rings. The summed E-state index contributed by atoms with van der Waals surface area (Å²) in [7, 11) is -8.41. The minimum Gasteiger partial charge on any atom is -0.370 e. The Balaban J connectivity index is 2.01. The Hall–Kier alpha value is -1.68. The lowest BCUT2D eigenvalue weighted by Crippen LogP contribution is -2.33. The summed E-state index contributed by atoms with van der Waals surface area (Å²) >= 11 is 0. The van der Waals surface area contributed by atoms with E-state index in [0.29, 0.717) is 6.61 Å². The molecule has 0 saturated carbocycles. The number of hydrogen-bond acceptors (Lipinski definition) is 6. The molecule has 2 aromatic carbocycles. The van der Waals surface area contributed by atoms with Crippen molar-refractivity contribution in [2.45, 2.75) is 6.10 Å². The van der Waals surface area contributed by atoms with Gasteiger partial charge in [-0.3, -0.25) is 0 Å². The van der Waals surface area contributed by atoms with E-state index in [1.54, 1.807) is 6.07 Å². The molecule has 1 heterocycles. The summed E-state index contributed by atoms with van der Waals surface area (Å²) in [4.78, 5) is 0. The van der Waals surface area contributed by atoms with Crippen LogP contribution in [0, 0.1) is 0 Å². The molecule has 0 amide bonds. The molecule has 1 fully saturated rings. The van der Waals surface area contributed by atoms with Crippen LogP contribution in [0.15, 0.2) is 36.4 Å². The van der Waals surface area contributed by atoms with Crippen LogP contribution in [0.5, 0.6) is 5.75 Å². The normalized spacial score (nSPS) is 18.3. The van der Waals surface area contributed by atoms with Crippen LogP contribution < -0.4 is 8.31 Å². The van der Waals surface area contributed by atoms with Crippen molar-refractivity contribution >= 4 is 31.1 Å². The third kappa shape index (κ3) is 3.55. The Kier molecular flexibility index (Phi) is 3.60. The molecule has 1 aliphatic heterocycles. The minimum absolute atomic E-state index is 0.0281. The van der Waals surface area contributed by atoms with E-state index in [1.165, 1.54) is 10.2 Å². The third-order valence-corrected chi connectivity index (χ3v) is 5.45. The van der Waals surface area contributed by atoms with Gasteiger partial charge in [-0.1, -0.05) is 28.4 Å². The van der Waals surface area contributed by atoms with E-state index in [4.69, 9.17) is 8.92 Å². The molecule has 3 rings (SSSR count). The molecule has 0 radical (unpaired) electrons. The van der Waals surface area contributed by atoms with E-state index in [1.807, 2.05) is 24.3 Å². The zero-order valence-electron chi connectivity index (χ0n) is 11.5.